The summed E-state index contributed by atoms with van der Waals surface area (Å²) in [5, 5.41) is 0. The van der Waals surface area contributed by atoms with Crippen LogP contribution in [0.25, 0.3) is 0 Å². The van der Waals surface area contributed by atoms with Crippen LogP contribution in [0.15, 0.2) is 23.8 Å². The molecule has 1 aliphatic rings. The topological polar surface area (TPSA) is 3.24 Å². The molecule has 0 radical (unpaired) electrons. The molecule has 0 aromatic heterocycles. The third kappa shape index (κ3) is 5.14. The summed E-state index contributed by atoms with van der Waals surface area (Å²) in [6.07, 6.45) is 9.24. The molecule has 1 rings (SSSR count). The highest BCUT2D eigenvalue weighted by Gasteiger charge is 1.97. The molecule has 0 atom stereocenters. The molecule has 0 fully saturated rings. The fourth-order valence-corrected chi connectivity index (χ4v) is 1.15. The molecule has 1 heteroatoms. The molecular weight excluding hydrogens is 146 g/mol. The van der Waals surface area contributed by atoms with Crippen LogP contribution in [0.2, 0.25) is 0 Å². The maximum absolute atomic E-state index is 2.32. The normalized spacial score (nSPS) is 15.2. The highest BCUT2D eigenvalue weighted by atomic mass is 15.0. The summed E-state index contributed by atoms with van der Waals surface area (Å²) < 4.78 is 0. The lowest BCUT2D eigenvalue weighted by Crippen LogP contribution is -2.14. The first kappa shape index (κ1) is 11.4. The van der Waals surface area contributed by atoms with E-state index in [1.54, 1.807) is 0 Å². The van der Waals surface area contributed by atoms with Crippen molar-refractivity contribution in [1.82, 2.24) is 4.90 Å². The summed E-state index contributed by atoms with van der Waals surface area (Å²) in [4.78, 5) is 2.20. The van der Waals surface area contributed by atoms with Crippen LogP contribution in [0.4, 0.5) is 0 Å². The highest BCUT2D eigenvalue weighted by Crippen LogP contribution is 2.09. The number of likely N-dealkylation sites (N-methyl/N-ethyl adjacent to an activating group) is 1. The molecule has 0 aliphatic heterocycles. The van der Waals surface area contributed by atoms with Crippen LogP contribution >= 0.6 is 0 Å². The highest BCUT2D eigenvalue weighted by molar-refractivity contribution is 5.23. The van der Waals surface area contributed by atoms with Crippen LogP contribution in [0, 0.1) is 0 Å². The van der Waals surface area contributed by atoms with Gasteiger partial charge in [-0.2, -0.15) is 0 Å². The van der Waals surface area contributed by atoms with Crippen molar-refractivity contribution in [3.8, 4) is 0 Å². The van der Waals surface area contributed by atoms with Gasteiger partial charge in [-0.1, -0.05) is 32.1 Å². The van der Waals surface area contributed by atoms with Gasteiger partial charge in [-0.25, -0.2) is 0 Å². The molecule has 0 bridgehead atoms. The SMILES string of the molecule is CC.CN(C)CC1=CCCC=C1. The molecule has 0 heterocycles. The zero-order chi connectivity index (χ0) is 9.40. The Kier molecular flexibility index (Phi) is 6.78. The molecule has 1 nitrogen and oxygen atoms in total. The Labute approximate surface area is 76.8 Å². The van der Waals surface area contributed by atoms with Crippen LogP contribution in [-0.2, 0) is 0 Å². The van der Waals surface area contributed by atoms with Crippen molar-refractivity contribution < 1.29 is 0 Å². The molecule has 0 saturated heterocycles. The van der Waals surface area contributed by atoms with Gasteiger partial charge in [0.1, 0.15) is 0 Å². The van der Waals surface area contributed by atoms with Crippen molar-refractivity contribution in [3.63, 3.8) is 0 Å². The van der Waals surface area contributed by atoms with Gasteiger partial charge in [-0.15, -0.1) is 0 Å². The first-order valence-electron chi connectivity index (χ1n) is 4.79. The molecular formula is C11H21N. The van der Waals surface area contributed by atoms with E-state index in [9.17, 15) is 0 Å². The molecule has 70 valence electrons. The number of hydrogen-bond acceptors (Lipinski definition) is 1. The Hall–Kier alpha value is -0.560. The van der Waals surface area contributed by atoms with Gasteiger partial charge >= 0.3 is 0 Å². The standard InChI is InChI=1S/C9H15N.C2H6/c1-10(2)8-9-6-4-3-5-7-9;1-2/h4,6-7H,3,5,8H2,1-2H3;1-2H3. The van der Waals surface area contributed by atoms with Crippen LogP contribution in [0.1, 0.15) is 26.7 Å². The maximum Gasteiger partial charge on any atom is 0.0224 e. The number of allylic oxidation sites excluding steroid dienone is 2. The summed E-state index contributed by atoms with van der Waals surface area (Å²) in [7, 11) is 4.20. The molecule has 12 heavy (non-hydrogen) atoms. The van der Waals surface area contributed by atoms with Crippen molar-refractivity contribution in [1.29, 1.82) is 0 Å². The molecule has 0 aromatic rings. The number of nitrogens with zero attached hydrogens (tertiary/aromatic N) is 1. The Morgan fingerprint density at radius 3 is 2.33 bits per heavy atom. The van der Waals surface area contributed by atoms with Gasteiger partial charge in [0.25, 0.3) is 0 Å². The minimum Gasteiger partial charge on any atom is -0.305 e. The number of hydrogen-bond donors (Lipinski definition) is 0. The zero-order valence-electron chi connectivity index (χ0n) is 8.80. The van der Waals surface area contributed by atoms with Crippen molar-refractivity contribution in [2.24, 2.45) is 0 Å². The second kappa shape index (κ2) is 7.11. The zero-order valence-corrected chi connectivity index (χ0v) is 8.80. The van der Waals surface area contributed by atoms with Gasteiger partial charge in [0, 0.05) is 6.54 Å². The molecule has 0 spiro atoms. The minimum atomic E-state index is 1.08. The first-order chi connectivity index (χ1) is 5.79. The van der Waals surface area contributed by atoms with E-state index in [0.29, 0.717) is 0 Å². The average Bonchev–Trinajstić information content (AvgIpc) is 2.08. The summed E-state index contributed by atoms with van der Waals surface area (Å²) in [5.41, 5.74) is 1.45. The first-order valence-corrected chi connectivity index (χ1v) is 4.79. The summed E-state index contributed by atoms with van der Waals surface area (Å²) in [5.74, 6) is 0. The summed E-state index contributed by atoms with van der Waals surface area (Å²) in [6.45, 7) is 5.08. The fourth-order valence-electron chi connectivity index (χ4n) is 1.15. The van der Waals surface area contributed by atoms with E-state index in [0.717, 1.165) is 6.54 Å². The van der Waals surface area contributed by atoms with E-state index in [-0.39, 0.29) is 0 Å². The van der Waals surface area contributed by atoms with Gasteiger partial charge in [0.2, 0.25) is 0 Å². The van der Waals surface area contributed by atoms with Crippen LogP contribution in [-0.4, -0.2) is 25.5 Å². The molecule has 0 unspecified atom stereocenters. The minimum absolute atomic E-state index is 1.08. The van der Waals surface area contributed by atoms with Gasteiger partial charge in [-0.05, 0) is 32.5 Å². The Morgan fingerprint density at radius 1 is 1.25 bits per heavy atom. The van der Waals surface area contributed by atoms with Gasteiger partial charge < -0.3 is 4.90 Å². The lowest BCUT2D eigenvalue weighted by atomic mass is 10.1. The summed E-state index contributed by atoms with van der Waals surface area (Å²) >= 11 is 0. The fraction of sp³-hybridized carbons (Fsp3) is 0.636. The number of rotatable bonds is 2. The van der Waals surface area contributed by atoms with Crippen molar-refractivity contribution in [3.05, 3.63) is 23.8 Å². The lowest BCUT2D eigenvalue weighted by Gasteiger charge is -2.12. The van der Waals surface area contributed by atoms with Crippen molar-refractivity contribution >= 4 is 0 Å². The quantitative estimate of drug-likeness (QED) is 0.611. The Bertz CT molecular complexity index is 154. The van der Waals surface area contributed by atoms with E-state index in [1.807, 2.05) is 13.8 Å². The molecule has 0 N–H and O–H groups in total. The van der Waals surface area contributed by atoms with E-state index in [2.05, 4.69) is 37.2 Å². The summed E-state index contributed by atoms with van der Waals surface area (Å²) in [6, 6.07) is 0. The van der Waals surface area contributed by atoms with Crippen LogP contribution < -0.4 is 0 Å². The predicted octanol–water partition coefficient (Wildman–Crippen LogP) is 2.85. The van der Waals surface area contributed by atoms with E-state index >= 15 is 0 Å². The van der Waals surface area contributed by atoms with Crippen LogP contribution in [0.5, 0.6) is 0 Å². The Morgan fingerprint density at radius 2 is 1.92 bits per heavy atom. The largest absolute Gasteiger partial charge is 0.305 e. The third-order valence-electron chi connectivity index (χ3n) is 1.57. The predicted molar refractivity (Wildman–Crippen MR) is 56.4 cm³/mol. The van der Waals surface area contributed by atoms with E-state index in [4.69, 9.17) is 0 Å². The average molecular weight is 167 g/mol. The monoisotopic (exact) mass is 167 g/mol. The molecule has 0 saturated carbocycles. The molecule has 1 aliphatic carbocycles. The Balaban J connectivity index is 0.000000561. The van der Waals surface area contributed by atoms with Crippen molar-refractivity contribution in [2.75, 3.05) is 20.6 Å². The van der Waals surface area contributed by atoms with E-state index < -0.39 is 0 Å². The van der Waals surface area contributed by atoms with Crippen LogP contribution in [0.3, 0.4) is 0 Å². The van der Waals surface area contributed by atoms with Gasteiger partial charge in [-0.3, -0.25) is 0 Å². The smallest absolute Gasteiger partial charge is 0.0224 e. The molecule has 0 amide bonds. The lowest BCUT2D eigenvalue weighted by molar-refractivity contribution is 0.448. The maximum atomic E-state index is 2.32. The van der Waals surface area contributed by atoms with Gasteiger partial charge in [0.15, 0.2) is 0 Å². The molecule has 0 aromatic carbocycles. The second-order valence-electron chi connectivity index (χ2n) is 3.00. The third-order valence-corrected chi connectivity index (χ3v) is 1.57. The second-order valence-corrected chi connectivity index (χ2v) is 3.00. The van der Waals surface area contributed by atoms with Crippen molar-refractivity contribution in [2.45, 2.75) is 26.7 Å². The van der Waals surface area contributed by atoms with E-state index in [1.165, 1.54) is 18.4 Å². The van der Waals surface area contributed by atoms with Gasteiger partial charge in [0.05, 0.1) is 0 Å².